The van der Waals surface area contributed by atoms with Crippen molar-refractivity contribution in [2.24, 2.45) is 11.0 Å². The average molecular weight is 482 g/mol. The van der Waals surface area contributed by atoms with Gasteiger partial charge in [0.1, 0.15) is 0 Å². The maximum absolute atomic E-state index is 12.5. The monoisotopic (exact) mass is 482 g/mol. The van der Waals surface area contributed by atoms with Crippen LogP contribution in [0, 0.1) is 0 Å². The van der Waals surface area contributed by atoms with Crippen molar-refractivity contribution in [3.8, 4) is 0 Å². The van der Waals surface area contributed by atoms with Gasteiger partial charge in [-0.2, -0.15) is 0 Å². The van der Waals surface area contributed by atoms with Crippen LogP contribution in [0.5, 0.6) is 0 Å². The van der Waals surface area contributed by atoms with Crippen molar-refractivity contribution in [1.29, 1.82) is 0 Å². The molecule has 0 aromatic heterocycles. The fraction of sp³-hybridized carbons (Fsp3) is 0.143. The second-order valence-electron chi connectivity index (χ2n) is 5.26. The van der Waals surface area contributed by atoms with Crippen LogP contribution in [0.4, 0.5) is 0 Å². The van der Waals surface area contributed by atoms with Crippen LogP contribution in [-0.4, -0.2) is 0 Å². The zero-order valence-corrected chi connectivity index (χ0v) is 18.3. The minimum Gasteiger partial charge on any atom is -0.256 e. The molecule has 0 atom stereocenters. The Bertz CT molecular complexity index is 763. The molecule has 0 aliphatic carbocycles. The van der Waals surface area contributed by atoms with Gasteiger partial charge in [-0.15, -0.1) is 18.6 Å². The summed E-state index contributed by atoms with van der Waals surface area (Å²) in [4.78, 5) is 9.16. The molecule has 0 heterocycles. The first-order chi connectivity index (χ1) is 13.9. The lowest BCUT2D eigenvalue weighted by Gasteiger charge is -2.18. The first-order valence-corrected chi connectivity index (χ1v) is 13.1. The van der Waals surface area contributed by atoms with E-state index in [2.05, 4.69) is 14.3 Å². The molecule has 0 radical (unpaired) electrons. The van der Waals surface area contributed by atoms with Crippen LogP contribution in [0.2, 0.25) is 0 Å². The molecule has 160 valence electrons. The summed E-state index contributed by atoms with van der Waals surface area (Å²) in [7, 11) is -8.47. The first-order valence-electron chi connectivity index (χ1n) is 7.87. The molecule has 0 fully saturated rings. The van der Waals surface area contributed by atoms with Crippen LogP contribution < -0.4 is 21.5 Å². The van der Waals surface area contributed by atoms with E-state index in [0.29, 0.717) is 11.5 Å². The predicted octanol–water partition coefficient (Wildman–Crippen LogP) is 3.74. The van der Waals surface area contributed by atoms with Crippen LogP contribution in [0.3, 0.4) is 0 Å². The molecule has 0 saturated carbocycles. The molecule has 0 saturated heterocycles. The van der Waals surface area contributed by atoms with Gasteiger partial charge in [0.2, 0.25) is 0 Å². The van der Waals surface area contributed by atoms with Crippen molar-refractivity contribution < 1.29 is 32.1 Å². The van der Waals surface area contributed by atoms with Crippen LogP contribution in [0.15, 0.2) is 60.7 Å². The van der Waals surface area contributed by atoms with Gasteiger partial charge in [-0.1, -0.05) is 71.2 Å². The average Bonchev–Trinajstić information content (AvgIpc) is 2.68. The van der Waals surface area contributed by atoms with E-state index < -0.39 is 15.3 Å². The number of benzene rings is 2. The Hall–Kier alpha value is -0.760. The van der Waals surface area contributed by atoms with Gasteiger partial charge in [-0.05, 0) is 11.1 Å². The number of nitrogens with two attached hydrogens (primary N) is 2. The molecular formula is C14H20N4O7P2S2. The fourth-order valence-corrected chi connectivity index (χ4v) is 4.77. The highest BCUT2D eigenvalue weighted by atomic mass is 32.2. The molecule has 0 bridgehead atoms. The van der Waals surface area contributed by atoms with Gasteiger partial charge in [0, 0.05) is 35.6 Å². The molecule has 2 aromatic carbocycles. The Balaban J connectivity index is 1.71. The van der Waals surface area contributed by atoms with E-state index in [1.807, 2.05) is 71.2 Å². The summed E-state index contributed by atoms with van der Waals surface area (Å²) in [5, 5.41) is 3.76. The molecular weight excluding hydrogens is 462 g/mol. The quantitative estimate of drug-likeness (QED) is 0.102. The maximum Gasteiger partial charge on any atom is 0.398 e. The molecule has 2 rings (SSSR count). The van der Waals surface area contributed by atoms with E-state index in [9.17, 15) is 9.13 Å². The number of nitrogens with one attached hydrogen (secondary N) is 2. The highest BCUT2D eigenvalue weighted by Crippen LogP contribution is 2.50. The summed E-state index contributed by atoms with van der Waals surface area (Å²) in [5.74, 6) is 0.895. The second kappa shape index (κ2) is 12.8. The third-order valence-electron chi connectivity index (χ3n) is 2.86. The summed E-state index contributed by atoms with van der Waals surface area (Å²) in [6.07, 6.45) is 0. The summed E-state index contributed by atoms with van der Waals surface area (Å²) in [6.45, 7) is 0. The van der Waals surface area contributed by atoms with E-state index in [-0.39, 0.29) is 0 Å². The smallest absolute Gasteiger partial charge is 0.256 e. The lowest BCUT2D eigenvalue weighted by atomic mass is 10.2. The molecule has 0 spiro atoms. The number of hydrogen-bond donors (Lipinski definition) is 4. The maximum atomic E-state index is 12.5. The van der Waals surface area contributed by atoms with Crippen molar-refractivity contribution in [2.45, 2.75) is 11.5 Å². The van der Waals surface area contributed by atoms with Gasteiger partial charge in [-0.3, -0.25) is 9.13 Å². The zero-order chi connectivity index (χ0) is 21.0. The van der Waals surface area contributed by atoms with Gasteiger partial charge >= 0.3 is 15.3 Å². The molecule has 0 aliphatic rings. The molecule has 15 heteroatoms. The van der Waals surface area contributed by atoms with E-state index in [1.165, 1.54) is 0 Å². The minimum absolute atomic E-state index is 0.448. The van der Waals surface area contributed by atoms with Crippen molar-refractivity contribution in [3.05, 3.63) is 71.8 Å². The molecule has 0 amide bonds. The van der Waals surface area contributed by atoms with Gasteiger partial charge in [0.15, 0.2) is 0 Å². The Labute approximate surface area is 176 Å². The second-order valence-corrected chi connectivity index (χ2v) is 9.99. The Morgan fingerprint density at radius 2 is 1.17 bits per heavy atom. The highest BCUT2D eigenvalue weighted by Gasteiger charge is 2.32. The van der Waals surface area contributed by atoms with Gasteiger partial charge in [-0.25, -0.2) is 15.3 Å². The van der Waals surface area contributed by atoms with E-state index >= 15 is 0 Å². The number of hydrogen-bond acceptors (Lipinski definition) is 9. The number of rotatable bonds is 14. The molecule has 2 aromatic rings. The van der Waals surface area contributed by atoms with Crippen LogP contribution in [0.25, 0.3) is 0 Å². The van der Waals surface area contributed by atoms with E-state index in [1.54, 1.807) is 0 Å². The third-order valence-corrected chi connectivity index (χ3v) is 6.66. The summed E-state index contributed by atoms with van der Waals surface area (Å²) < 4.78 is 38.1. The van der Waals surface area contributed by atoms with Gasteiger partial charge in [0.05, 0.1) is 0 Å². The molecule has 0 aliphatic heterocycles. The Kier molecular flexibility index (Phi) is 10.8. The normalized spacial score (nSPS) is 12.2. The SMILES string of the molecule is NP(N)(=O)OP(=O)(NOOSCc1ccccc1)NOOSCc1ccccc1. The first kappa shape index (κ1) is 24.5. The Morgan fingerprint density at radius 3 is 1.55 bits per heavy atom. The summed E-state index contributed by atoms with van der Waals surface area (Å²) in [5.41, 5.74) is 12.1. The van der Waals surface area contributed by atoms with Crippen LogP contribution in [-0.2, 0) is 43.6 Å². The highest BCUT2D eigenvalue weighted by molar-refractivity contribution is 7.94. The van der Waals surface area contributed by atoms with Crippen molar-refractivity contribution in [1.82, 2.24) is 10.5 Å². The molecule has 11 nitrogen and oxygen atoms in total. The summed E-state index contributed by atoms with van der Waals surface area (Å²) in [6, 6.07) is 18.8. The summed E-state index contributed by atoms with van der Waals surface area (Å²) >= 11 is 1.80. The molecule has 0 unspecified atom stereocenters. The van der Waals surface area contributed by atoms with Crippen molar-refractivity contribution in [2.75, 3.05) is 0 Å². The van der Waals surface area contributed by atoms with Gasteiger partial charge in [0.25, 0.3) is 0 Å². The van der Waals surface area contributed by atoms with E-state index in [0.717, 1.165) is 35.2 Å². The fourth-order valence-electron chi connectivity index (χ4n) is 1.74. The molecule has 6 N–H and O–H groups in total. The van der Waals surface area contributed by atoms with E-state index in [4.69, 9.17) is 19.7 Å². The van der Waals surface area contributed by atoms with Crippen molar-refractivity contribution >= 4 is 39.4 Å². The van der Waals surface area contributed by atoms with Gasteiger partial charge < -0.3 is 0 Å². The molecule has 29 heavy (non-hydrogen) atoms. The Morgan fingerprint density at radius 1 is 0.759 bits per heavy atom. The van der Waals surface area contributed by atoms with Crippen LogP contribution >= 0.6 is 39.4 Å². The third kappa shape index (κ3) is 11.3. The predicted molar refractivity (Wildman–Crippen MR) is 111 cm³/mol. The topological polar surface area (TPSA) is 156 Å². The lowest BCUT2D eigenvalue weighted by Crippen LogP contribution is -2.25. The van der Waals surface area contributed by atoms with Crippen molar-refractivity contribution in [3.63, 3.8) is 0 Å². The lowest BCUT2D eigenvalue weighted by molar-refractivity contribution is -0.239. The van der Waals surface area contributed by atoms with Crippen LogP contribution in [0.1, 0.15) is 11.1 Å². The standard InChI is InChI=1S/C14H20N4O7P2S2/c15-26(16,19)25-27(20,17-21-23-28-11-13-7-3-1-4-8-13)18-22-24-29-12-14-9-5-2-6-10-14/h1-10H,11-12H2,(H4,15,16,19)(H2,17,18,20). The minimum atomic E-state index is -4.30. The zero-order valence-electron chi connectivity index (χ0n) is 14.9. The largest absolute Gasteiger partial charge is 0.398 e.